The Kier molecular flexibility index (Phi) is 5.50. The highest BCUT2D eigenvalue weighted by molar-refractivity contribution is 6.32. The third-order valence-electron chi connectivity index (χ3n) is 3.37. The predicted molar refractivity (Wildman–Crippen MR) is 91.1 cm³/mol. The highest BCUT2D eigenvalue weighted by Crippen LogP contribution is 2.32. The molecule has 0 saturated carbocycles. The topological polar surface area (TPSA) is 68.2 Å². The monoisotopic (exact) mass is 336 g/mol. The van der Waals surface area contributed by atoms with Gasteiger partial charge in [0.15, 0.2) is 5.75 Å². The minimum Gasteiger partial charge on any atom is -0.490 e. The van der Waals surface area contributed by atoms with Gasteiger partial charge in [-0.15, -0.1) is 0 Å². The second kappa shape index (κ2) is 7.37. The largest absolute Gasteiger partial charge is 0.490 e. The number of benzene rings is 1. The summed E-state index contributed by atoms with van der Waals surface area (Å²) in [6, 6.07) is 4.73. The van der Waals surface area contributed by atoms with E-state index in [0.717, 1.165) is 11.3 Å². The molecule has 7 heteroatoms. The molecule has 0 fully saturated rings. The van der Waals surface area contributed by atoms with Crippen molar-refractivity contribution in [2.45, 2.75) is 26.8 Å². The molecular weight excluding hydrogens is 316 g/mol. The van der Waals surface area contributed by atoms with E-state index in [1.807, 2.05) is 34.0 Å². The van der Waals surface area contributed by atoms with Crippen LogP contribution in [0.4, 0.5) is 10.5 Å². The molecule has 6 nitrogen and oxygen atoms in total. The van der Waals surface area contributed by atoms with Crippen LogP contribution in [0.3, 0.4) is 0 Å². The average Bonchev–Trinajstić information content (AvgIpc) is 2.81. The van der Waals surface area contributed by atoms with Gasteiger partial charge in [0.1, 0.15) is 0 Å². The molecule has 23 heavy (non-hydrogen) atoms. The number of aromatic nitrogens is 2. The predicted octanol–water partition coefficient (Wildman–Crippen LogP) is 3.66. The second-order valence-corrected chi connectivity index (χ2v) is 5.62. The van der Waals surface area contributed by atoms with Crippen molar-refractivity contribution in [1.29, 1.82) is 0 Å². The van der Waals surface area contributed by atoms with E-state index in [0.29, 0.717) is 23.1 Å². The van der Waals surface area contributed by atoms with E-state index in [1.54, 1.807) is 22.9 Å². The fourth-order valence-electron chi connectivity index (χ4n) is 2.37. The van der Waals surface area contributed by atoms with Gasteiger partial charge in [0.25, 0.3) is 0 Å². The van der Waals surface area contributed by atoms with E-state index in [2.05, 4.69) is 15.7 Å². The molecule has 124 valence electrons. The first-order valence-corrected chi connectivity index (χ1v) is 7.79. The Morgan fingerprint density at radius 2 is 2.22 bits per heavy atom. The van der Waals surface area contributed by atoms with Gasteiger partial charge >= 0.3 is 6.03 Å². The molecule has 2 amide bonds. The number of ether oxygens (including phenoxy) is 1. The van der Waals surface area contributed by atoms with Gasteiger partial charge in [0.05, 0.1) is 29.1 Å². The fraction of sp³-hybridized carbons (Fsp3) is 0.375. The summed E-state index contributed by atoms with van der Waals surface area (Å²) in [5, 5.41) is 10.4. The summed E-state index contributed by atoms with van der Waals surface area (Å²) in [7, 11) is 1.85. The number of carbonyl (C=O) groups is 1. The van der Waals surface area contributed by atoms with Crippen molar-refractivity contribution >= 4 is 23.3 Å². The van der Waals surface area contributed by atoms with Crippen LogP contribution in [-0.2, 0) is 7.05 Å². The molecule has 1 atom stereocenters. The van der Waals surface area contributed by atoms with Crippen molar-refractivity contribution in [1.82, 2.24) is 15.1 Å². The Morgan fingerprint density at radius 3 is 2.83 bits per heavy atom. The molecule has 0 bridgehead atoms. The number of halogens is 1. The number of rotatable bonds is 5. The van der Waals surface area contributed by atoms with Crippen LogP contribution in [0.5, 0.6) is 5.75 Å². The van der Waals surface area contributed by atoms with Crippen molar-refractivity contribution in [2.75, 3.05) is 11.9 Å². The van der Waals surface area contributed by atoms with E-state index < -0.39 is 0 Å². The van der Waals surface area contributed by atoms with Crippen LogP contribution >= 0.6 is 11.6 Å². The molecule has 1 aromatic heterocycles. The number of amides is 2. The molecule has 1 unspecified atom stereocenters. The molecule has 0 spiro atoms. The second-order valence-electron chi connectivity index (χ2n) is 5.21. The third-order valence-corrected chi connectivity index (χ3v) is 3.67. The maximum Gasteiger partial charge on any atom is 0.319 e. The number of urea groups is 1. The van der Waals surface area contributed by atoms with Gasteiger partial charge in [-0.3, -0.25) is 4.68 Å². The summed E-state index contributed by atoms with van der Waals surface area (Å²) < 4.78 is 7.22. The first-order chi connectivity index (χ1) is 10.9. The lowest BCUT2D eigenvalue weighted by atomic mass is 10.1. The number of para-hydroxylation sites is 1. The summed E-state index contributed by atoms with van der Waals surface area (Å²) >= 11 is 6.11. The smallest absolute Gasteiger partial charge is 0.319 e. The van der Waals surface area contributed by atoms with E-state index in [9.17, 15) is 4.79 Å². The van der Waals surface area contributed by atoms with Crippen molar-refractivity contribution in [3.8, 4) is 5.75 Å². The summed E-state index contributed by atoms with van der Waals surface area (Å²) in [4.78, 5) is 12.2. The first kappa shape index (κ1) is 17.1. The van der Waals surface area contributed by atoms with Gasteiger partial charge in [-0.1, -0.05) is 17.7 Å². The minimum atomic E-state index is -0.330. The Balaban J connectivity index is 2.08. The number of aryl methyl sites for hydroxylation is 2. The van der Waals surface area contributed by atoms with Gasteiger partial charge in [-0.05, 0) is 32.9 Å². The lowest BCUT2D eigenvalue weighted by Gasteiger charge is -2.16. The molecule has 0 aliphatic carbocycles. The zero-order valence-corrected chi connectivity index (χ0v) is 14.4. The van der Waals surface area contributed by atoms with Crippen LogP contribution in [-0.4, -0.2) is 22.4 Å². The van der Waals surface area contributed by atoms with Crippen LogP contribution in [0.15, 0.2) is 24.4 Å². The summed E-state index contributed by atoms with van der Waals surface area (Å²) in [5.41, 5.74) is 2.39. The highest BCUT2D eigenvalue weighted by atomic mass is 35.5. The van der Waals surface area contributed by atoms with E-state index >= 15 is 0 Å². The van der Waals surface area contributed by atoms with Gasteiger partial charge in [0.2, 0.25) is 0 Å². The molecule has 0 saturated heterocycles. The van der Waals surface area contributed by atoms with E-state index in [4.69, 9.17) is 16.3 Å². The van der Waals surface area contributed by atoms with Crippen LogP contribution in [0.25, 0.3) is 0 Å². The molecular formula is C16H21ClN4O2. The number of anilines is 1. The normalized spacial score (nSPS) is 11.9. The van der Waals surface area contributed by atoms with Gasteiger partial charge in [-0.25, -0.2) is 4.79 Å². The first-order valence-electron chi connectivity index (χ1n) is 7.41. The number of hydrogen-bond acceptors (Lipinski definition) is 3. The number of carbonyl (C=O) groups excluding carboxylic acids is 1. The Morgan fingerprint density at radius 1 is 1.48 bits per heavy atom. The standard InChI is InChI=1S/C16H21ClN4O2/c1-5-23-15-13(17)7-6-8-14(15)19-16(22)18-10(2)12-9-21(4)20-11(12)3/h6-10H,5H2,1-4H3,(H2,18,19,22). The van der Waals surface area contributed by atoms with E-state index in [1.165, 1.54) is 0 Å². The molecule has 0 radical (unpaired) electrons. The molecule has 1 aromatic carbocycles. The summed E-state index contributed by atoms with van der Waals surface area (Å²) in [6.07, 6.45) is 1.89. The molecule has 2 rings (SSSR count). The maximum absolute atomic E-state index is 12.2. The van der Waals surface area contributed by atoms with Gasteiger partial charge < -0.3 is 15.4 Å². The summed E-state index contributed by atoms with van der Waals surface area (Å²) in [5.74, 6) is 0.469. The molecule has 2 aromatic rings. The number of nitrogens with one attached hydrogen (secondary N) is 2. The van der Waals surface area contributed by atoms with Gasteiger partial charge in [-0.2, -0.15) is 5.10 Å². The van der Waals surface area contributed by atoms with Gasteiger partial charge in [0, 0.05) is 18.8 Å². The van der Waals surface area contributed by atoms with Crippen molar-refractivity contribution in [3.05, 3.63) is 40.7 Å². The van der Waals surface area contributed by atoms with Crippen molar-refractivity contribution in [3.63, 3.8) is 0 Å². The zero-order valence-electron chi connectivity index (χ0n) is 13.7. The molecule has 2 N–H and O–H groups in total. The summed E-state index contributed by atoms with van der Waals surface area (Å²) in [6.45, 7) is 6.15. The minimum absolute atomic E-state index is 0.168. The zero-order chi connectivity index (χ0) is 17.0. The lowest BCUT2D eigenvalue weighted by Crippen LogP contribution is -2.31. The maximum atomic E-state index is 12.2. The van der Waals surface area contributed by atoms with Crippen LogP contribution in [0, 0.1) is 6.92 Å². The molecule has 0 aliphatic rings. The lowest BCUT2D eigenvalue weighted by molar-refractivity contribution is 0.249. The average molecular weight is 337 g/mol. The number of nitrogens with zero attached hydrogens (tertiary/aromatic N) is 2. The number of hydrogen-bond donors (Lipinski definition) is 2. The fourth-order valence-corrected chi connectivity index (χ4v) is 2.60. The van der Waals surface area contributed by atoms with Crippen LogP contribution < -0.4 is 15.4 Å². The van der Waals surface area contributed by atoms with Crippen molar-refractivity contribution < 1.29 is 9.53 Å². The quantitative estimate of drug-likeness (QED) is 0.875. The highest BCUT2D eigenvalue weighted by Gasteiger charge is 2.16. The Labute approximate surface area is 140 Å². The molecule has 1 heterocycles. The Bertz CT molecular complexity index is 699. The van der Waals surface area contributed by atoms with Crippen LogP contribution in [0.1, 0.15) is 31.1 Å². The SMILES string of the molecule is CCOc1c(Cl)cccc1NC(=O)NC(C)c1cn(C)nc1C. The molecule has 0 aliphatic heterocycles. The Hall–Kier alpha value is -2.21. The van der Waals surface area contributed by atoms with Crippen LogP contribution in [0.2, 0.25) is 5.02 Å². The third kappa shape index (κ3) is 4.16. The van der Waals surface area contributed by atoms with E-state index in [-0.39, 0.29) is 12.1 Å². The van der Waals surface area contributed by atoms with Crippen molar-refractivity contribution in [2.24, 2.45) is 7.05 Å².